The average Bonchev–Trinajstić information content (AvgIpc) is 2.98. The van der Waals surface area contributed by atoms with Crippen molar-refractivity contribution in [2.45, 2.75) is 44.6 Å². The summed E-state index contributed by atoms with van der Waals surface area (Å²) in [6.45, 7) is 3.27. The number of amides is 1. The molecule has 2 aliphatic rings. The topological polar surface area (TPSA) is 76.1 Å². The van der Waals surface area contributed by atoms with E-state index in [0.717, 1.165) is 30.8 Å². The van der Waals surface area contributed by atoms with Crippen LogP contribution in [0, 0.1) is 6.92 Å². The number of nitrogens with one attached hydrogen (secondary N) is 2. The quantitative estimate of drug-likeness (QED) is 0.842. The molecule has 0 bridgehead atoms. The van der Waals surface area contributed by atoms with Crippen LogP contribution in [0.15, 0.2) is 12.4 Å². The molecule has 1 aromatic rings. The van der Waals surface area contributed by atoms with Crippen LogP contribution in [0.5, 0.6) is 0 Å². The Hall–Kier alpha value is -1.24. The van der Waals surface area contributed by atoms with Crippen molar-refractivity contribution in [3.8, 4) is 0 Å². The first-order valence-corrected chi connectivity index (χ1v) is 6.66. The normalized spacial score (nSPS) is 27.8. The van der Waals surface area contributed by atoms with Crippen molar-refractivity contribution in [3.63, 3.8) is 0 Å². The number of carbonyl (C=O) groups is 1. The summed E-state index contributed by atoms with van der Waals surface area (Å²) in [6.07, 6.45) is 5.01. The summed E-state index contributed by atoms with van der Waals surface area (Å²) in [6, 6.07) is 0.343. The Bertz CT molecular complexity index is 456. The van der Waals surface area contributed by atoms with Gasteiger partial charge in [-0.25, -0.2) is 0 Å². The summed E-state index contributed by atoms with van der Waals surface area (Å²) in [5, 5.41) is 6.21. The van der Waals surface area contributed by atoms with Crippen molar-refractivity contribution >= 4 is 18.3 Å². The predicted molar refractivity (Wildman–Crippen MR) is 75.5 cm³/mol. The van der Waals surface area contributed by atoms with Crippen molar-refractivity contribution in [1.29, 1.82) is 0 Å². The maximum Gasteiger partial charge on any atom is 0.249 e. The lowest BCUT2D eigenvalue weighted by atomic mass is 10.1. The second kappa shape index (κ2) is 6.47. The van der Waals surface area contributed by atoms with Gasteiger partial charge in [-0.2, -0.15) is 0 Å². The van der Waals surface area contributed by atoms with Crippen LogP contribution in [0.25, 0.3) is 0 Å². The second-order valence-electron chi connectivity index (χ2n) is 5.12. The lowest BCUT2D eigenvalue weighted by Gasteiger charge is -2.12. The van der Waals surface area contributed by atoms with Gasteiger partial charge in [0.2, 0.25) is 5.91 Å². The zero-order valence-electron chi connectivity index (χ0n) is 11.3. The number of hydrogen-bond donors (Lipinski definition) is 2. The third-order valence-electron chi connectivity index (χ3n) is 3.66. The number of carbonyl (C=O) groups excluding carboxylic acids is 1. The fraction of sp³-hybridized carbons (Fsp3) is 0.615. The van der Waals surface area contributed by atoms with E-state index in [-0.39, 0.29) is 30.5 Å². The predicted octanol–water partition coefficient (Wildman–Crippen LogP) is 0.342. The Kier molecular flexibility index (Phi) is 4.91. The molecule has 2 saturated heterocycles. The lowest BCUT2D eigenvalue weighted by molar-refractivity contribution is -0.132. The number of halogens is 1. The first-order chi connectivity index (χ1) is 9.22. The monoisotopic (exact) mass is 298 g/mol. The highest BCUT2D eigenvalue weighted by Crippen LogP contribution is 2.26. The van der Waals surface area contributed by atoms with Crippen molar-refractivity contribution < 1.29 is 9.53 Å². The summed E-state index contributed by atoms with van der Waals surface area (Å²) in [5.41, 5.74) is 1.63. The van der Waals surface area contributed by atoms with Gasteiger partial charge in [0.1, 0.15) is 6.10 Å². The first-order valence-electron chi connectivity index (χ1n) is 6.66. The number of fused-ring (bicyclic) bond motifs is 1. The highest BCUT2D eigenvalue weighted by atomic mass is 35.5. The first kappa shape index (κ1) is 15.2. The molecule has 2 aliphatic heterocycles. The van der Waals surface area contributed by atoms with Crippen molar-refractivity contribution in [2.24, 2.45) is 0 Å². The molecule has 6 nitrogen and oxygen atoms in total. The minimum atomic E-state index is -0.332. The van der Waals surface area contributed by atoms with E-state index in [1.807, 2.05) is 6.92 Å². The van der Waals surface area contributed by atoms with Gasteiger partial charge in [-0.05, 0) is 19.9 Å². The lowest BCUT2D eigenvalue weighted by Crippen LogP contribution is -2.35. The van der Waals surface area contributed by atoms with Gasteiger partial charge in [0.05, 0.1) is 30.2 Å². The van der Waals surface area contributed by atoms with Crippen molar-refractivity contribution in [1.82, 2.24) is 20.6 Å². The van der Waals surface area contributed by atoms with E-state index in [1.165, 1.54) is 0 Å². The second-order valence-corrected chi connectivity index (χ2v) is 5.12. The SMILES string of the molecule is Cc1cnc(CNC(=O)[C@H]2C[C@H]3NCC[C@H]3O2)cn1.Cl. The van der Waals surface area contributed by atoms with Gasteiger partial charge < -0.3 is 15.4 Å². The number of nitrogens with zero attached hydrogens (tertiary/aromatic N) is 2. The van der Waals surface area contributed by atoms with E-state index in [2.05, 4.69) is 20.6 Å². The molecule has 0 saturated carbocycles. The number of ether oxygens (including phenoxy) is 1. The largest absolute Gasteiger partial charge is 0.363 e. The van der Waals surface area contributed by atoms with E-state index in [4.69, 9.17) is 4.74 Å². The summed E-state index contributed by atoms with van der Waals surface area (Å²) in [4.78, 5) is 20.4. The van der Waals surface area contributed by atoms with Gasteiger partial charge in [-0.15, -0.1) is 12.4 Å². The van der Waals surface area contributed by atoms with Gasteiger partial charge in [0.25, 0.3) is 0 Å². The maximum absolute atomic E-state index is 12.0. The molecule has 0 spiro atoms. The minimum absolute atomic E-state index is 0. The van der Waals surface area contributed by atoms with Gasteiger partial charge in [-0.1, -0.05) is 0 Å². The van der Waals surface area contributed by atoms with Crippen LogP contribution in [-0.4, -0.2) is 40.7 Å². The van der Waals surface area contributed by atoms with Crippen molar-refractivity contribution in [2.75, 3.05) is 6.54 Å². The number of aryl methyl sites for hydroxylation is 1. The molecule has 3 atom stereocenters. The van der Waals surface area contributed by atoms with Crippen LogP contribution < -0.4 is 10.6 Å². The molecule has 7 heteroatoms. The van der Waals surface area contributed by atoms with Crippen LogP contribution in [0.3, 0.4) is 0 Å². The Morgan fingerprint density at radius 3 is 3.05 bits per heavy atom. The molecule has 0 aromatic carbocycles. The molecule has 3 rings (SSSR count). The van der Waals surface area contributed by atoms with Crippen LogP contribution >= 0.6 is 12.4 Å². The molecule has 0 unspecified atom stereocenters. The van der Waals surface area contributed by atoms with Crippen LogP contribution in [0.1, 0.15) is 24.2 Å². The summed E-state index contributed by atoms with van der Waals surface area (Å²) in [5.74, 6) is -0.0569. The van der Waals surface area contributed by atoms with E-state index >= 15 is 0 Å². The molecule has 1 amide bonds. The van der Waals surface area contributed by atoms with Crippen molar-refractivity contribution in [3.05, 3.63) is 23.8 Å². The molecule has 0 radical (unpaired) electrons. The third kappa shape index (κ3) is 3.26. The molecular formula is C13H19ClN4O2. The van der Waals surface area contributed by atoms with Crippen LogP contribution in [0.2, 0.25) is 0 Å². The van der Waals surface area contributed by atoms with E-state index in [0.29, 0.717) is 12.6 Å². The zero-order valence-corrected chi connectivity index (χ0v) is 12.2. The Morgan fingerprint density at radius 1 is 1.50 bits per heavy atom. The molecule has 110 valence electrons. The molecule has 20 heavy (non-hydrogen) atoms. The summed E-state index contributed by atoms with van der Waals surface area (Å²) in [7, 11) is 0. The number of rotatable bonds is 3. The van der Waals surface area contributed by atoms with Crippen LogP contribution in [0.4, 0.5) is 0 Å². The van der Waals surface area contributed by atoms with Gasteiger partial charge in [0, 0.05) is 18.7 Å². The van der Waals surface area contributed by atoms with Gasteiger partial charge in [0.15, 0.2) is 0 Å². The number of hydrogen-bond acceptors (Lipinski definition) is 5. The Morgan fingerprint density at radius 2 is 2.35 bits per heavy atom. The smallest absolute Gasteiger partial charge is 0.249 e. The fourth-order valence-electron chi connectivity index (χ4n) is 2.61. The summed E-state index contributed by atoms with van der Waals surface area (Å²) < 4.78 is 5.74. The summed E-state index contributed by atoms with van der Waals surface area (Å²) >= 11 is 0. The minimum Gasteiger partial charge on any atom is -0.363 e. The Labute approximate surface area is 124 Å². The highest BCUT2D eigenvalue weighted by molar-refractivity contribution is 5.85. The molecule has 1 aromatic heterocycles. The average molecular weight is 299 g/mol. The molecule has 3 heterocycles. The number of aromatic nitrogens is 2. The highest BCUT2D eigenvalue weighted by Gasteiger charge is 2.41. The van der Waals surface area contributed by atoms with E-state index < -0.39 is 0 Å². The van der Waals surface area contributed by atoms with E-state index in [9.17, 15) is 4.79 Å². The zero-order chi connectivity index (χ0) is 13.2. The van der Waals surface area contributed by atoms with E-state index in [1.54, 1.807) is 12.4 Å². The molecule has 2 fully saturated rings. The Balaban J connectivity index is 0.00000147. The standard InChI is InChI=1S/C13H18N4O2.ClH/c1-8-5-16-9(6-15-8)7-17-13(18)12-4-10-11(19-12)2-3-14-10;/h5-6,10-12,14H,2-4,7H2,1H3,(H,17,18);1H/t10-,11-,12-;/m1./s1. The molecular weight excluding hydrogens is 280 g/mol. The molecule has 2 N–H and O–H groups in total. The fourth-order valence-corrected chi connectivity index (χ4v) is 2.61. The molecule has 0 aliphatic carbocycles. The maximum atomic E-state index is 12.0. The third-order valence-corrected chi connectivity index (χ3v) is 3.66. The van der Waals surface area contributed by atoms with Gasteiger partial charge >= 0.3 is 0 Å². The van der Waals surface area contributed by atoms with Gasteiger partial charge in [-0.3, -0.25) is 14.8 Å². The van der Waals surface area contributed by atoms with Crippen LogP contribution in [-0.2, 0) is 16.1 Å².